The minimum atomic E-state index is 0.465. The van der Waals surface area contributed by atoms with E-state index < -0.39 is 0 Å². The molecule has 1 saturated heterocycles. The van der Waals surface area contributed by atoms with Gasteiger partial charge in [-0.05, 0) is 18.8 Å². The molecule has 2 unspecified atom stereocenters. The van der Waals surface area contributed by atoms with E-state index >= 15 is 0 Å². The molecule has 0 spiro atoms. The maximum Gasteiger partial charge on any atom is 0.0627 e. The van der Waals surface area contributed by atoms with Crippen LogP contribution in [-0.4, -0.2) is 35.5 Å². The van der Waals surface area contributed by atoms with Gasteiger partial charge >= 0.3 is 0 Å². The fourth-order valence-electron chi connectivity index (χ4n) is 2.67. The summed E-state index contributed by atoms with van der Waals surface area (Å²) in [4.78, 5) is 2.53. The Labute approximate surface area is 99.5 Å². The van der Waals surface area contributed by atoms with E-state index in [1.54, 1.807) is 0 Å². The Bertz CT molecular complexity index is 228. The Balaban J connectivity index is 2.41. The van der Waals surface area contributed by atoms with Gasteiger partial charge in [-0.15, -0.1) is 0 Å². The van der Waals surface area contributed by atoms with Crippen LogP contribution in [0.25, 0.3) is 0 Å². The first-order valence-electron chi connectivity index (χ1n) is 6.64. The van der Waals surface area contributed by atoms with Crippen molar-refractivity contribution >= 4 is 5.71 Å². The zero-order valence-electron chi connectivity index (χ0n) is 10.9. The lowest BCUT2D eigenvalue weighted by Gasteiger charge is -2.34. The highest BCUT2D eigenvalue weighted by molar-refractivity contribution is 5.87. The molecule has 3 heteroatoms. The van der Waals surface area contributed by atoms with Crippen LogP contribution in [0.15, 0.2) is 5.16 Å². The van der Waals surface area contributed by atoms with Crippen LogP contribution < -0.4 is 0 Å². The fourth-order valence-corrected chi connectivity index (χ4v) is 2.67. The lowest BCUT2D eigenvalue weighted by Crippen LogP contribution is -2.42. The van der Waals surface area contributed by atoms with Crippen LogP contribution in [-0.2, 0) is 0 Å². The van der Waals surface area contributed by atoms with E-state index in [0.717, 1.165) is 37.6 Å². The second-order valence-corrected chi connectivity index (χ2v) is 5.10. The molecule has 94 valence electrons. The van der Waals surface area contributed by atoms with Crippen LogP contribution in [0.3, 0.4) is 0 Å². The molecule has 0 radical (unpaired) electrons. The van der Waals surface area contributed by atoms with Gasteiger partial charge in [0.1, 0.15) is 0 Å². The molecule has 1 aliphatic heterocycles. The number of hydrogen-bond donors (Lipinski definition) is 1. The first-order valence-corrected chi connectivity index (χ1v) is 6.64. The fraction of sp³-hybridized carbons (Fsp3) is 0.923. The predicted molar refractivity (Wildman–Crippen MR) is 68.1 cm³/mol. The minimum Gasteiger partial charge on any atom is -0.411 e. The van der Waals surface area contributed by atoms with Gasteiger partial charge in [-0.1, -0.05) is 32.3 Å². The van der Waals surface area contributed by atoms with Crippen LogP contribution in [0.4, 0.5) is 0 Å². The summed E-state index contributed by atoms with van der Waals surface area (Å²) in [5, 5.41) is 12.4. The SMILES string of the molecule is CCCC(C)CN1CCC(=NO)C(CC)C1. The summed E-state index contributed by atoms with van der Waals surface area (Å²) in [6, 6.07) is 0. The van der Waals surface area contributed by atoms with Gasteiger partial charge in [0.2, 0.25) is 0 Å². The minimum absolute atomic E-state index is 0.465. The van der Waals surface area contributed by atoms with Crippen LogP contribution in [0.5, 0.6) is 0 Å². The van der Waals surface area contributed by atoms with Crippen molar-refractivity contribution in [2.24, 2.45) is 17.0 Å². The maximum atomic E-state index is 8.91. The molecule has 0 aromatic heterocycles. The van der Waals surface area contributed by atoms with Crippen molar-refractivity contribution < 1.29 is 5.21 Å². The number of oxime groups is 1. The third-order valence-corrected chi connectivity index (χ3v) is 3.61. The topological polar surface area (TPSA) is 35.8 Å². The van der Waals surface area contributed by atoms with Gasteiger partial charge in [-0.2, -0.15) is 0 Å². The highest BCUT2D eigenvalue weighted by Gasteiger charge is 2.25. The molecule has 2 atom stereocenters. The summed E-state index contributed by atoms with van der Waals surface area (Å²) >= 11 is 0. The van der Waals surface area contributed by atoms with E-state index in [1.165, 1.54) is 19.4 Å². The first-order chi connectivity index (χ1) is 7.71. The Hall–Kier alpha value is -0.570. The quantitative estimate of drug-likeness (QED) is 0.578. The van der Waals surface area contributed by atoms with Gasteiger partial charge in [-0.3, -0.25) is 0 Å². The summed E-state index contributed by atoms with van der Waals surface area (Å²) < 4.78 is 0. The lowest BCUT2D eigenvalue weighted by molar-refractivity contribution is 0.198. The number of rotatable bonds is 5. The van der Waals surface area contributed by atoms with Crippen molar-refractivity contribution in [1.82, 2.24) is 4.90 Å². The summed E-state index contributed by atoms with van der Waals surface area (Å²) in [5.74, 6) is 1.25. The van der Waals surface area contributed by atoms with Gasteiger partial charge in [0.15, 0.2) is 0 Å². The van der Waals surface area contributed by atoms with Gasteiger partial charge in [0.25, 0.3) is 0 Å². The van der Waals surface area contributed by atoms with Gasteiger partial charge < -0.3 is 10.1 Å². The average molecular weight is 226 g/mol. The summed E-state index contributed by atoms with van der Waals surface area (Å²) in [6.07, 6.45) is 4.61. The third kappa shape index (κ3) is 3.78. The van der Waals surface area contributed by atoms with Crippen molar-refractivity contribution in [1.29, 1.82) is 0 Å². The van der Waals surface area contributed by atoms with Gasteiger partial charge in [0, 0.05) is 32.0 Å². The molecule has 1 heterocycles. The zero-order chi connectivity index (χ0) is 12.0. The normalized spacial score (nSPS) is 27.2. The molecular weight excluding hydrogens is 200 g/mol. The van der Waals surface area contributed by atoms with E-state index in [4.69, 9.17) is 5.21 Å². The Morgan fingerprint density at radius 2 is 2.25 bits per heavy atom. The highest BCUT2D eigenvalue weighted by atomic mass is 16.4. The smallest absolute Gasteiger partial charge is 0.0627 e. The van der Waals surface area contributed by atoms with Crippen LogP contribution in [0.2, 0.25) is 0 Å². The molecule has 16 heavy (non-hydrogen) atoms. The van der Waals surface area contributed by atoms with Gasteiger partial charge in [0.05, 0.1) is 5.71 Å². The van der Waals surface area contributed by atoms with E-state index in [0.29, 0.717) is 5.92 Å². The van der Waals surface area contributed by atoms with E-state index in [2.05, 4.69) is 30.8 Å². The largest absolute Gasteiger partial charge is 0.411 e. The molecule has 0 aromatic rings. The number of piperidine rings is 1. The second-order valence-electron chi connectivity index (χ2n) is 5.10. The number of hydrogen-bond acceptors (Lipinski definition) is 3. The van der Waals surface area contributed by atoms with Crippen molar-refractivity contribution in [3.05, 3.63) is 0 Å². The molecule has 0 amide bonds. The average Bonchev–Trinajstić information content (AvgIpc) is 2.29. The van der Waals surface area contributed by atoms with Crippen LogP contribution >= 0.6 is 0 Å². The maximum absolute atomic E-state index is 8.91. The second kappa shape index (κ2) is 6.89. The van der Waals surface area contributed by atoms with Crippen molar-refractivity contribution in [2.75, 3.05) is 19.6 Å². The Morgan fingerprint density at radius 3 is 2.81 bits per heavy atom. The number of nitrogens with zero attached hydrogens (tertiary/aromatic N) is 2. The molecular formula is C13H26N2O. The summed E-state index contributed by atoms with van der Waals surface area (Å²) in [7, 11) is 0. The first kappa shape index (κ1) is 13.5. The molecule has 0 bridgehead atoms. The predicted octanol–water partition coefficient (Wildman–Crippen LogP) is 2.98. The number of likely N-dealkylation sites (tertiary alicyclic amines) is 1. The molecule has 1 fully saturated rings. The van der Waals surface area contributed by atoms with E-state index in [9.17, 15) is 0 Å². The Morgan fingerprint density at radius 1 is 1.50 bits per heavy atom. The van der Waals surface area contributed by atoms with E-state index in [-0.39, 0.29) is 0 Å². The lowest BCUT2D eigenvalue weighted by atomic mass is 9.92. The molecule has 0 saturated carbocycles. The monoisotopic (exact) mass is 226 g/mol. The molecule has 0 aromatic carbocycles. The summed E-state index contributed by atoms with van der Waals surface area (Å²) in [5.41, 5.74) is 1.00. The van der Waals surface area contributed by atoms with Crippen LogP contribution in [0.1, 0.15) is 46.5 Å². The van der Waals surface area contributed by atoms with E-state index in [1.807, 2.05) is 0 Å². The molecule has 1 aliphatic rings. The Kier molecular flexibility index (Phi) is 5.81. The zero-order valence-corrected chi connectivity index (χ0v) is 10.9. The van der Waals surface area contributed by atoms with Gasteiger partial charge in [-0.25, -0.2) is 0 Å². The molecule has 1 N–H and O–H groups in total. The third-order valence-electron chi connectivity index (χ3n) is 3.61. The van der Waals surface area contributed by atoms with Crippen molar-refractivity contribution in [3.63, 3.8) is 0 Å². The molecule has 3 nitrogen and oxygen atoms in total. The summed E-state index contributed by atoms with van der Waals surface area (Å²) in [6.45, 7) is 10.1. The van der Waals surface area contributed by atoms with Crippen molar-refractivity contribution in [2.45, 2.75) is 46.5 Å². The van der Waals surface area contributed by atoms with Crippen LogP contribution in [0, 0.1) is 11.8 Å². The highest BCUT2D eigenvalue weighted by Crippen LogP contribution is 2.19. The molecule has 0 aliphatic carbocycles. The molecule has 1 rings (SSSR count). The standard InChI is InChI=1S/C13H26N2O/c1-4-6-11(3)9-15-8-7-13(14-16)12(5-2)10-15/h11-12,16H,4-10H2,1-3H3. The van der Waals surface area contributed by atoms with Crippen molar-refractivity contribution in [3.8, 4) is 0 Å².